The predicted molar refractivity (Wildman–Crippen MR) is 66.5 cm³/mol. The Morgan fingerprint density at radius 3 is 3.11 bits per heavy atom. The third-order valence-electron chi connectivity index (χ3n) is 3.62. The first-order valence-corrected chi connectivity index (χ1v) is 6.34. The molecule has 0 saturated heterocycles. The van der Waals surface area contributed by atoms with E-state index in [4.69, 9.17) is 5.26 Å². The molecule has 2 unspecified atom stereocenters. The lowest BCUT2D eigenvalue weighted by Gasteiger charge is -2.37. The summed E-state index contributed by atoms with van der Waals surface area (Å²) in [4.78, 5) is 4.03. The van der Waals surface area contributed by atoms with Crippen molar-refractivity contribution in [2.75, 3.05) is 6.54 Å². The monoisotopic (exact) mass is 243 g/mol. The van der Waals surface area contributed by atoms with Crippen LogP contribution in [-0.2, 0) is 0 Å². The van der Waals surface area contributed by atoms with Crippen LogP contribution in [0.25, 0.3) is 0 Å². The van der Waals surface area contributed by atoms with Crippen LogP contribution in [0.2, 0.25) is 0 Å². The second kappa shape index (κ2) is 5.20. The summed E-state index contributed by atoms with van der Waals surface area (Å²) < 4.78 is 1.91. The molecule has 0 amide bonds. The van der Waals surface area contributed by atoms with Gasteiger partial charge in [-0.15, -0.1) is 0 Å². The zero-order valence-electron chi connectivity index (χ0n) is 10.6. The highest BCUT2D eigenvalue weighted by molar-refractivity contribution is 5.16. The number of rotatable bonds is 3. The molecule has 2 rings (SSSR count). The summed E-state index contributed by atoms with van der Waals surface area (Å²) in [5, 5.41) is 21.7. The molecule has 1 aliphatic rings. The second-order valence-corrected chi connectivity index (χ2v) is 4.74. The molecule has 0 aromatic carbocycles. The van der Waals surface area contributed by atoms with E-state index in [1.807, 2.05) is 17.7 Å². The van der Waals surface area contributed by atoms with E-state index < -0.39 is 5.54 Å². The zero-order chi connectivity index (χ0) is 13.0. The van der Waals surface area contributed by atoms with E-state index in [1.165, 1.54) is 0 Å². The van der Waals surface area contributed by atoms with Gasteiger partial charge in [0.15, 0.2) is 0 Å². The van der Waals surface area contributed by atoms with Gasteiger partial charge in [0.2, 0.25) is 5.82 Å². The first-order chi connectivity index (χ1) is 8.74. The number of nitriles is 2. The molecular formula is C13H17N5. The first kappa shape index (κ1) is 12.6. The van der Waals surface area contributed by atoms with Crippen molar-refractivity contribution in [1.29, 1.82) is 10.5 Å². The third kappa shape index (κ3) is 2.23. The van der Waals surface area contributed by atoms with E-state index in [9.17, 15) is 5.26 Å². The number of imidazole rings is 1. The van der Waals surface area contributed by atoms with Gasteiger partial charge in [0, 0.05) is 18.4 Å². The van der Waals surface area contributed by atoms with E-state index >= 15 is 0 Å². The summed E-state index contributed by atoms with van der Waals surface area (Å²) in [6.07, 6.45) is 7.10. The highest BCUT2D eigenvalue weighted by Gasteiger charge is 2.36. The highest BCUT2D eigenvalue weighted by Crippen LogP contribution is 2.35. The molecule has 5 nitrogen and oxygen atoms in total. The highest BCUT2D eigenvalue weighted by atomic mass is 15.1. The van der Waals surface area contributed by atoms with Crippen LogP contribution in [0.15, 0.2) is 12.4 Å². The van der Waals surface area contributed by atoms with Gasteiger partial charge in [-0.2, -0.15) is 10.5 Å². The van der Waals surface area contributed by atoms with Crippen molar-refractivity contribution in [1.82, 2.24) is 14.9 Å². The van der Waals surface area contributed by atoms with E-state index in [0.717, 1.165) is 32.2 Å². The molecule has 94 valence electrons. The molecule has 0 spiro atoms. The Kier molecular flexibility index (Phi) is 3.64. The fourth-order valence-corrected chi connectivity index (χ4v) is 2.82. The van der Waals surface area contributed by atoms with Gasteiger partial charge in [-0.25, -0.2) is 4.98 Å². The van der Waals surface area contributed by atoms with E-state index in [1.54, 1.807) is 6.20 Å². The lowest BCUT2D eigenvalue weighted by molar-refractivity contribution is 0.233. The standard InChI is InChI=1S/C13H17N5/c1-2-17-13(10-15)5-3-4-11(8-13)18-7-6-16-12(18)9-14/h6-7,11,17H,2-5,8H2,1H3. The van der Waals surface area contributed by atoms with Crippen LogP contribution in [0.1, 0.15) is 44.5 Å². The van der Waals surface area contributed by atoms with Crippen LogP contribution in [-0.4, -0.2) is 21.6 Å². The lowest BCUT2D eigenvalue weighted by atomic mass is 9.79. The zero-order valence-corrected chi connectivity index (χ0v) is 10.6. The van der Waals surface area contributed by atoms with Crippen molar-refractivity contribution in [2.24, 2.45) is 0 Å². The summed E-state index contributed by atoms with van der Waals surface area (Å²) in [7, 11) is 0. The first-order valence-electron chi connectivity index (χ1n) is 6.34. The fraction of sp³-hybridized carbons (Fsp3) is 0.615. The predicted octanol–water partition coefficient (Wildman–Crippen LogP) is 1.74. The second-order valence-electron chi connectivity index (χ2n) is 4.74. The van der Waals surface area contributed by atoms with Crippen molar-refractivity contribution >= 4 is 0 Å². The average molecular weight is 243 g/mol. The van der Waals surface area contributed by atoms with Gasteiger partial charge in [-0.1, -0.05) is 6.92 Å². The molecule has 1 aromatic rings. The Morgan fingerprint density at radius 1 is 1.61 bits per heavy atom. The van der Waals surface area contributed by atoms with E-state index in [2.05, 4.69) is 22.4 Å². The minimum Gasteiger partial charge on any atom is -0.319 e. The molecule has 1 fully saturated rings. The van der Waals surface area contributed by atoms with Crippen LogP contribution < -0.4 is 5.32 Å². The van der Waals surface area contributed by atoms with Gasteiger partial charge >= 0.3 is 0 Å². The Labute approximate surface area is 107 Å². The molecule has 2 atom stereocenters. The molecular weight excluding hydrogens is 226 g/mol. The van der Waals surface area contributed by atoms with E-state index in [0.29, 0.717) is 5.82 Å². The Bertz CT molecular complexity index is 488. The average Bonchev–Trinajstić information content (AvgIpc) is 2.87. The molecule has 5 heteroatoms. The third-order valence-corrected chi connectivity index (χ3v) is 3.62. The van der Waals surface area contributed by atoms with Crippen molar-refractivity contribution in [3.63, 3.8) is 0 Å². The van der Waals surface area contributed by atoms with Crippen LogP contribution in [0, 0.1) is 22.7 Å². The van der Waals surface area contributed by atoms with Crippen molar-refractivity contribution in [3.8, 4) is 12.1 Å². The quantitative estimate of drug-likeness (QED) is 0.877. The Hall–Kier alpha value is -1.85. The number of hydrogen-bond acceptors (Lipinski definition) is 4. The summed E-state index contributed by atoms with van der Waals surface area (Å²) in [5.41, 5.74) is -0.450. The van der Waals surface area contributed by atoms with Crippen LogP contribution in [0.3, 0.4) is 0 Å². The van der Waals surface area contributed by atoms with Crippen LogP contribution in [0.5, 0.6) is 0 Å². The van der Waals surface area contributed by atoms with Gasteiger partial charge in [0.1, 0.15) is 11.6 Å². The van der Waals surface area contributed by atoms with Gasteiger partial charge in [-0.05, 0) is 32.2 Å². The van der Waals surface area contributed by atoms with Gasteiger partial charge in [-0.3, -0.25) is 5.32 Å². The molecule has 0 bridgehead atoms. The molecule has 1 aromatic heterocycles. The minimum absolute atomic E-state index is 0.189. The topological polar surface area (TPSA) is 77.4 Å². The molecule has 1 saturated carbocycles. The number of hydrogen-bond donors (Lipinski definition) is 1. The summed E-state index contributed by atoms with van der Waals surface area (Å²) >= 11 is 0. The van der Waals surface area contributed by atoms with Gasteiger partial charge < -0.3 is 4.57 Å². The number of nitrogens with zero attached hydrogens (tertiary/aromatic N) is 4. The maximum atomic E-state index is 9.41. The van der Waals surface area contributed by atoms with Crippen LogP contribution >= 0.6 is 0 Å². The summed E-state index contributed by atoms with van der Waals surface area (Å²) in [6.45, 7) is 2.80. The summed E-state index contributed by atoms with van der Waals surface area (Å²) in [5.74, 6) is 0.435. The minimum atomic E-state index is -0.450. The van der Waals surface area contributed by atoms with Gasteiger partial charge in [0.05, 0.1) is 6.07 Å². The number of aromatic nitrogens is 2. The largest absolute Gasteiger partial charge is 0.319 e. The summed E-state index contributed by atoms with van der Waals surface area (Å²) in [6, 6.07) is 4.71. The maximum Gasteiger partial charge on any atom is 0.212 e. The molecule has 1 heterocycles. The number of nitrogens with one attached hydrogen (secondary N) is 1. The molecule has 0 radical (unpaired) electrons. The molecule has 1 aliphatic carbocycles. The Balaban J connectivity index is 2.22. The maximum absolute atomic E-state index is 9.41. The van der Waals surface area contributed by atoms with Crippen molar-refractivity contribution in [3.05, 3.63) is 18.2 Å². The van der Waals surface area contributed by atoms with E-state index in [-0.39, 0.29) is 6.04 Å². The fourth-order valence-electron chi connectivity index (χ4n) is 2.82. The molecule has 1 N–H and O–H groups in total. The lowest BCUT2D eigenvalue weighted by Crippen LogP contribution is -2.47. The smallest absolute Gasteiger partial charge is 0.212 e. The van der Waals surface area contributed by atoms with Gasteiger partial charge in [0.25, 0.3) is 0 Å². The van der Waals surface area contributed by atoms with Crippen molar-refractivity contribution < 1.29 is 0 Å². The molecule has 0 aliphatic heterocycles. The van der Waals surface area contributed by atoms with Crippen molar-refractivity contribution in [2.45, 2.75) is 44.2 Å². The normalized spacial score (nSPS) is 27.4. The van der Waals surface area contributed by atoms with Crippen LogP contribution in [0.4, 0.5) is 0 Å². The molecule has 18 heavy (non-hydrogen) atoms. The SMILES string of the molecule is CCNC1(C#N)CCCC(n2ccnc2C#N)C1. The Morgan fingerprint density at radius 2 is 2.44 bits per heavy atom.